The number of carbonyl (C=O) groups is 1. The van der Waals surface area contributed by atoms with Crippen molar-refractivity contribution in [3.63, 3.8) is 0 Å². The number of nitriles is 1. The van der Waals surface area contributed by atoms with Crippen molar-refractivity contribution in [3.05, 3.63) is 42.0 Å². The fraction of sp³-hybridized carbons (Fsp3) is 0.294. The van der Waals surface area contributed by atoms with Crippen LogP contribution in [0.1, 0.15) is 18.4 Å². The van der Waals surface area contributed by atoms with Crippen LogP contribution in [0.4, 0.5) is 5.69 Å². The Bertz CT molecular complexity index is 679. The maximum atomic E-state index is 10.8. The largest absolute Gasteiger partial charge is 0.371 e. The van der Waals surface area contributed by atoms with Crippen LogP contribution in [0.3, 0.4) is 0 Å². The van der Waals surface area contributed by atoms with E-state index in [9.17, 15) is 10.1 Å². The SMILES string of the molecule is N#Cc1ccc(N2CCC(C=O)CC2)c2ccccc12. The number of anilines is 1. The second-order valence-electron chi connectivity index (χ2n) is 5.25. The Morgan fingerprint density at radius 1 is 1.10 bits per heavy atom. The molecule has 3 rings (SSSR count). The molecule has 0 radical (unpaired) electrons. The summed E-state index contributed by atoms with van der Waals surface area (Å²) in [5, 5.41) is 11.3. The third kappa shape index (κ3) is 2.14. The average Bonchev–Trinajstić information content (AvgIpc) is 2.54. The van der Waals surface area contributed by atoms with Gasteiger partial charge in [0.2, 0.25) is 0 Å². The van der Waals surface area contributed by atoms with E-state index in [1.807, 2.05) is 30.3 Å². The lowest BCUT2D eigenvalue weighted by Gasteiger charge is -2.32. The highest BCUT2D eigenvalue weighted by Gasteiger charge is 2.20. The van der Waals surface area contributed by atoms with Crippen LogP contribution in [0.5, 0.6) is 0 Å². The van der Waals surface area contributed by atoms with Crippen LogP contribution in [-0.4, -0.2) is 19.4 Å². The van der Waals surface area contributed by atoms with E-state index in [2.05, 4.69) is 17.0 Å². The maximum absolute atomic E-state index is 10.8. The molecule has 3 heteroatoms. The first-order valence-corrected chi connectivity index (χ1v) is 6.95. The van der Waals surface area contributed by atoms with Gasteiger partial charge < -0.3 is 9.69 Å². The Hall–Kier alpha value is -2.34. The summed E-state index contributed by atoms with van der Waals surface area (Å²) in [6, 6.07) is 14.2. The Balaban J connectivity index is 2.01. The van der Waals surface area contributed by atoms with Gasteiger partial charge in [-0.1, -0.05) is 24.3 Å². The predicted octanol–water partition coefficient (Wildman–Crippen LogP) is 3.13. The van der Waals surface area contributed by atoms with Gasteiger partial charge in [-0.25, -0.2) is 0 Å². The Labute approximate surface area is 118 Å². The van der Waals surface area contributed by atoms with E-state index in [0.29, 0.717) is 5.56 Å². The standard InChI is InChI=1S/C17H16N2O/c18-11-14-5-6-17(16-4-2-1-3-15(14)16)19-9-7-13(12-20)8-10-19/h1-6,12-13H,7-10H2. The van der Waals surface area contributed by atoms with Gasteiger partial charge in [-0.05, 0) is 25.0 Å². The molecule has 0 spiro atoms. The van der Waals surface area contributed by atoms with Crippen molar-refractivity contribution in [2.24, 2.45) is 5.92 Å². The van der Waals surface area contributed by atoms with Gasteiger partial charge in [0.15, 0.2) is 0 Å². The topological polar surface area (TPSA) is 44.1 Å². The minimum absolute atomic E-state index is 0.205. The molecule has 1 heterocycles. The number of fused-ring (bicyclic) bond motifs is 1. The van der Waals surface area contributed by atoms with E-state index in [1.54, 1.807) is 0 Å². The molecule has 2 aromatic rings. The molecule has 0 aromatic heterocycles. The van der Waals surface area contributed by atoms with Crippen LogP contribution in [0.25, 0.3) is 10.8 Å². The number of aldehydes is 1. The minimum Gasteiger partial charge on any atom is -0.371 e. The molecule has 0 aliphatic carbocycles. The highest BCUT2D eigenvalue weighted by atomic mass is 16.1. The van der Waals surface area contributed by atoms with Crippen molar-refractivity contribution < 1.29 is 4.79 Å². The lowest BCUT2D eigenvalue weighted by Crippen LogP contribution is -2.34. The summed E-state index contributed by atoms with van der Waals surface area (Å²) in [6.45, 7) is 1.80. The smallest absolute Gasteiger partial charge is 0.123 e. The van der Waals surface area contributed by atoms with Gasteiger partial charge in [0, 0.05) is 35.5 Å². The molecule has 20 heavy (non-hydrogen) atoms. The van der Waals surface area contributed by atoms with E-state index in [4.69, 9.17) is 0 Å². The van der Waals surface area contributed by atoms with Crippen molar-refractivity contribution >= 4 is 22.7 Å². The number of carbonyl (C=O) groups excluding carboxylic acids is 1. The molecule has 0 saturated carbocycles. The summed E-state index contributed by atoms with van der Waals surface area (Å²) < 4.78 is 0. The van der Waals surface area contributed by atoms with E-state index in [0.717, 1.165) is 43.0 Å². The summed E-state index contributed by atoms with van der Waals surface area (Å²) in [5.74, 6) is 0.205. The maximum Gasteiger partial charge on any atom is 0.123 e. The molecule has 3 nitrogen and oxygen atoms in total. The first-order valence-electron chi connectivity index (χ1n) is 6.95. The Kier molecular flexibility index (Phi) is 3.39. The van der Waals surface area contributed by atoms with E-state index < -0.39 is 0 Å². The molecule has 1 aliphatic rings. The minimum atomic E-state index is 0.205. The van der Waals surface area contributed by atoms with Crippen molar-refractivity contribution in [1.82, 2.24) is 0 Å². The van der Waals surface area contributed by atoms with Crippen LogP contribution in [0, 0.1) is 17.2 Å². The first kappa shape index (κ1) is 12.7. The number of benzene rings is 2. The summed E-state index contributed by atoms with van der Waals surface area (Å²) in [6.07, 6.45) is 2.91. The normalized spacial score (nSPS) is 16.1. The van der Waals surface area contributed by atoms with Gasteiger partial charge in [-0.2, -0.15) is 5.26 Å². The van der Waals surface area contributed by atoms with Gasteiger partial charge in [-0.3, -0.25) is 0 Å². The number of rotatable bonds is 2. The van der Waals surface area contributed by atoms with Gasteiger partial charge in [0.25, 0.3) is 0 Å². The molecule has 0 N–H and O–H groups in total. The molecular formula is C17H16N2O. The predicted molar refractivity (Wildman–Crippen MR) is 79.7 cm³/mol. The van der Waals surface area contributed by atoms with Crippen molar-refractivity contribution in [1.29, 1.82) is 5.26 Å². The molecule has 1 aliphatic heterocycles. The zero-order valence-electron chi connectivity index (χ0n) is 11.2. The van der Waals surface area contributed by atoms with Gasteiger partial charge in [0.1, 0.15) is 6.29 Å². The van der Waals surface area contributed by atoms with Crippen molar-refractivity contribution in [3.8, 4) is 6.07 Å². The third-order valence-corrected chi connectivity index (χ3v) is 4.09. The number of hydrogen-bond acceptors (Lipinski definition) is 3. The zero-order chi connectivity index (χ0) is 13.9. The highest BCUT2D eigenvalue weighted by Crippen LogP contribution is 2.31. The molecule has 1 saturated heterocycles. The van der Waals surface area contributed by atoms with Crippen LogP contribution in [-0.2, 0) is 4.79 Å². The molecule has 0 amide bonds. The zero-order valence-corrected chi connectivity index (χ0v) is 11.2. The second kappa shape index (κ2) is 5.34. The van der Waals surface area contributed by atoms with E-state index >= 15 is 0 Å². The summed E-state index contributed by atoms with van der Waals surface area (Å²) in [5.41, 5.74) is 1.89. The monoisotopic (exact) mass is 264 g/mol. The lowest BCUT2D eigenvalue weighted by molar-refractivity contribution is -0.111. The number of hydrogen-bond donors (Lipinski definition) is 0. The fourth-order valence-corrected chi connectivity index (χ4v) is 2.93. The van der Waals surface area contributed by atoms with Crippen LogP contribution in [0.2, 0.25) is 0 Å². The molecular weight excluding hydrogens is 248 g/mol. The molecule has 100 valence electrons. The molecule has 1 fully saturated rings. The molecule has 0 unspecified atom stereocenters. The van der Waals surface area contributed by atoms with Gasteiger partial charge >= 0.3 is 0 Å². The quantitative estimate of drug-likeness (QED) is 0.783. The molecule has 0 atom stereocenters. The number of nitrogens with zero attached hydrogens (tertiary/aromatic N) is 2. The first-order chi connectivity index (χ1) is 9.83. The average molecular weight is 264 g/mol. The molecule has 2 aromatic carbocycles. The summed E-state index contributed by atoms with van der Waals surface area (Å²) in [7, 11) is 0. The fourth-order valence-electron chi connectivity index (χ4n) is 2.93. The molecule has 0 bridgehead atoms. The van der Waals surface area contributed by atoms with E-state index in [1.165, 1.54) is 5.69 Å². The van der Waals surface area contributed by atoms with Gasteiger partial charge in [0.05, 0.1) is 11.6 Å². The van der Waals surface area contributed by atoms with Crippen LogP contribution >= 0.6 is 0 Å². The highest BCUT2D eigenvalue weighted by molar-refractivity contribution is 5.97. The third-order valence-electron chi connectivity index (χ3n) is 4.09. The lowest BCUT2D eigenvalue weighted by atomic mass is 9.96. The van der Waals surface area contributed by atoms with Crippen LogP contribution < -0.4 is 4.90 Å². The van der Waals surface area contributed by atoms with Crippen molar-refractivity contribution in [2.45, 2.75) is 12.8 Å². The number of piperidine rings is 1. The Morgan fingerprint density at radius 2 is 1.80 bits per heavy atom. The van der Waals surface area contributed by atoms with Crippen molar-refractivity contribution in [2.75, 3.05) is 18.0 Å². The van der Waals surface area contributed by atoms with E-state index in [-0.39, 0.29) is 5.92 Å². The summed E-state index contributed by atoms with van der Waals surface area (Å²) in [4.78, 5) is 13.2. The van der Waals surface area contributed by atoms with Gasteiger partial charge in [-0.15, -0.1) is 0 Å². The van der Waals surface area contributed by atoms with Crippen LogP contribution in [0.15, 0.2) is 36.4 Å². The Morgan fingerprint density at radius 3 is 2.45 bits per heavy atom. The second-order valence-corrected chi connectivity index (χ2v) is 5.25. The summed E-state index contributed by atoms with van der Waals surface area (Å²) >= 11 is 0.